The van der Waals surface area contributed by atoms with Gasteiger partial charge in [0.25, 0.3) is 0 Å². The van der Waals surface area contributed by atoms with Gasteiger partial charge in [-0.05, 0) is 37.4 Å². The van der Waals surface area contributed by atoms with Crippen LogP contribution in [0, 0.1) is 0 Å². The Morgan fingerprint density at radius 2 is 1.94 bits per heavy atom. The first-order valence-corrected chi connectivity index (χ1v) is 6.79. The first-order valence-electron chi connectivity index (χ1n) is 6.79. The van der Waals surface area contributed by atoms with E-state index in [0.717, 1.165) is 25.6 Å². The summed E-state index contributed by atoms with van der Waals surface area (Å²) in [5, 5.41) is 3.55. The Balaban J connectivity index is 1.70. The fraction of sp³-hybridized carbons (Fsp3) is 0.600. The molecule has 1 fully saturated rings. The normalized spacial score (nSPS) is 15.5. The molecule has 1 aliphatic rings. The minimum absolute atomic E-state index is 0.875. The summed E-state index contributed by atoms with van der Waals surface area (Å²) in [6.45, 7) is 5.48. The highest BCUT2D eigenvalue weighted by Gasteiger charge is 2.25. The van der Waals surface area contributed by atoms with Gasteiger partial charge in [0, 0.05) is 25.7 Å². The second kappa shape index (κ2) is 6.18. The maximum absolute atomic E-state index is 3.55. The first kappa shape index (κ1) is 12.6. The van der Waals surface area contributed by atoms with E-state index in [1.807, 2.05) is 0 Å². The topological polar surface area (TPSA) is 15.3 Å². The SMILES string of the molecule is CCc1ccccc1CNCCN(C)C1CC1. The molecule has 1 aromatic carbocycles. The number of likely N-dealkylation sites (N-methyl/N-ethyl adjacent to an activating group) is 1. The molecular weight excluding hydrogens is 208 g/mol. The van der Waals surface area contributed by atoms with Gasteiger partial charge in [-0.25, -0.2) is 0 Å². The largest absolute Gasteiger partial charge is 0.311 e. The van der Waals surface area contributed by atoms with Crippen molar-refractivity contribution in [3.05, 3.63) is 35.4 Å². The molecule has 94 valence electrons. The molecule has 0 aromatic heterocycles. The van der Waals surface area contributed by atoms with Crippen molar-refractivity contribution in [2.75, 3.05) is 20.1 Å². The van der Waals surface area contributed by atoms with Crippen LogP contribution in [0.4, 0.5) is 0 Å². The van der Waals surface area contributed by atoms with Crippen LogP contribution in [0.1, 0.15) is 30.9 Å². The monoisotopic (exact) mass is 232 g/mol. The molecule has 0 heterocycles. The number of hydrogen-bond acceptors (Lipinski definition) is 2. The van der Waals surface area contributed by atoms with Gasteiger partial charge in [0.05, 0.1) is 0 Å². The summed E-state index contributed by atoms with van der Waals surface area (Å²) < 4.78 is 0. The molecule has 2 heteroatoms. The highest BCUT2D eigenvalue weighted by molar-refractivity contribution is 5.26. The van der Waals surface area contributed by atoms with E-state index < -0.39 is 0 Å². The number of aryl methyl sites for hydroxylation is 1. The summed E-state index contributed by atoms with van der Waals surface area (Å²) in [5.41, 5.74) is 2.92. The second-order valence-corrected chi connectivity index (χ2v) is 5.01. The van der Waals surface area contributed by atoms with Gasteiger partial charge < -0.3 is 10.2 Å². The minimum atomic E-state index is 0.875. The number of nitrogens with zero attached hydrogens (tertiary/aromatic N) is 1. The van der Waals surface area contributed by atoms with Crippen molar-refractivity contribution in [1.82, 2.24) is 10.2 Å². The van der Waals surface area contributed by atoms with E-state index >= 15 is 0 Å². The van der Waals surface area contributed by atoms with Gasteiger partial charge in [-0.1, -0.05) is 31.2 Å². The molecule has 1 saturated carbocycles. The molecule has 2 nitrogen and oxygen atoms in total. The summed E-state index contributed by atoms with van der Waals surface area (Å²) in [5.74, 6) is 0. The van der Waals surface area contributed by atoms with Crippen molar-refractivity contribution >= 4 is 0 Å². The van der Waals surface area contributed by atoms with Crippen LogP contribution in [-0.2, 0) is 13.0 Å². The molecule has 1 N–H and O–H groups in total. The van der Waals surface area contributed by atoms with E-state index in [9.17, 15) is 0 Å². The number of nitrogens with one attached hydrogen (secondary N) is 1. The number of rotatable bonds is 7. The third-order valence-electron chi connectivity index (χ3n) is 3.63. The molecule has 1 aliphatic carbocycles. The Labute approximate surface area is 105 Å². The van der Waals surface area contributed by atoms with E-state index in [2.05, 4.69) is 48.5 Å². The zero-order valence-electron chi connectivity index (χ0n) is 11.1. The summed E-state index contributed by atoms with van der Waals surface area (Å²) >= 11 is 0. The Hall–Kier alpha value is -0.860. The lowest BCUT2D eigenvalue weighted by Crippen LogP contribution is -2.30. The van der Waals surface area contributed by atoms with Gasteiger partial charge in [0.1, 0.15) is 0 Å². The van der Waals surface area contributed by atoms with Crippen LogP contribution in [0.25, 0.3) is 0 Å². The van der Waals surface area contributed by atoms with Crippen molar-refractivity contribution in [3.8, 4) is 0 Å². The molecule has 17 heavy (non-hydrogen) atoms. The Morgan fingerprint density at radius 1 is 1.24 bits per heavy atom. The molecule has 0 saturated heterocycles. The van der Waals surface area contributed by atoms with Gasteiger partial charge in [-0.2, -0.15) is 0 Å². The summed E-state index contributed by atoms with van der Waals surface area (Å²) in [6, 6.07) is 9.60. The smallest absolute Gasteiger partial charge is 0.0208 e. The van der Waals surface area contributed by atoms with Crippen LogP contribution in [0.5, 0.6) is 0 Å². The molecule has 0 radical (unpaired) electrons. The van der Waals surface area contributed by atoms with Crippen LogP contribution in [-0.4, -0.2) is 31.1 Å². The quantitative estimate of drug-likeness (QED) is 0.726. The predicted molar refractivity (Wildman–Crippen MR) is 73.2 cm³/mol. The Kier molecular flexibility index (Phi) is 4.57. The lowest BCUT2D eigenvalue weighted by Gasteiger charge is -2.16. The average Bonchev–Trinajstić information content (AvgIpc) is 3.19. The third kappa shape index (κ3) is 3.83. The van der Waals surface area contributed by atoms with E-state index in [1.54, 1.807) is 0 Å². The maximum atomic E-state index is 3.55. The van der Waals surface area contributed by atoms with E-state index in [4.69, 9.17) is 0 Å². The zero-order valence-corrected chi connectivity index (χ0v) is 11.1. The van der Waals surface area contributed by atoms with Crippen LogP contribution < -0.4 is 5.32 Å². The highest BCUT2D eigenvalue weighted by Crippen LogP contribution is 2.24. The molecule has 0 spiro atoms. The molecule has 0 unspecified atom stereocenters. The summed E-state index contributed by atoms with van der Waals surface area (Å²) in [4.78, 5) is 2.47. The fourth-order valence-electron chi connectivity index (χ4n) is 2.25. The molecular formula is C15H24N2. The van der Waals surface area contributed by atoms with Crippen LogP contribution in [0.15, 0.2) is 24.3 Å². The predicted octanol–water partition coefficient (Wildman–Crippen LogP) is 2.43. The zero-order chi connectivity index (χ0) is 12.1. The summed E-state index contributed by atoms with van der Waals surface area (Å²) in [7, 11) is 2.24. The number of hydrogen-bond donors (Lipinski definition) is 1. The highest BCUT2D eigenvalue weighted by atomic mass is 15.2. The van der Waals surface area contributed by atoms with Crippen molar-refractivity contribution in [3.63, 3.8) is 0 Å². The van der Waals surface area contributed by atoms with Crippen molar-refractivity contribution in [2.45, 2.75) is 38.8 Å². The van der Waals surface area contributed by atoms with Gasteiger partial charge in [0.15, 0.2) is 0 Å². The average molecular weight is 232 g/mol. The second-order valence-electron chi connectivity index (χ2n) is 5.01. The molecule has 2 rings (SSSR count). The van der Waals surface area contributed by atoms with E-state index in [-0.39, 0.29) is 0 Å². The van der Waals surface area contributed by atoms with Gasteiger partial charge in [-0.3, -0.25) is 0 Å². The van der Waals surface area contributed by atoms with E-state index in [1.165, 1.54) is 30.5 Å². The maximum Gasteiger partial charge on any atom is 0.0208 e. The van der Waals surface area contributed by atoms with Gasteiger partial charge >= 0.3 is 0 Å². The van der Waals surface area contributed by atoms with Crippen molar-refractivity contribution in [1.29, 1.82) is 0 Å². The Bertz CT molecular complexity index is 345. The molecule has 1 aromatic rings. The van der Waals surface area contributed by atoms with E-state index in [0.29, 0.717) is 0 Å². The molecule has 0 atom stereocenters. The molecule has 0 bridgehead atoms. The third-order valence-corrected chi connectivity index (χ3v) is 3.63. The first-order chi connectivity index (χ1) is 8.31. The van der Waals surface area contributed by atoms with Crippen LogP contribution in [0.2, 0.25) is 0 Å². The summed E-state index contributed by atoms with van der Waals surface area (Å²) in [6.07, 6.45) is 3.92. The minimum Gasteiger partial charge on any atom is -0.311 e. The fourth-order valence-corrected chi connectivity index (χ4v) is 2.25. The van der Waals surface area contributed by atoms with Crippen LogP contribution in [0.3, 0.4) is 0 Å². The molecule has 0 amide bonds. The van der Waals surface area contributed by atoms with Gasteiger partial charge in [0.2, 0.25) is 0 Å². The van der Waals surface area contributed by atoms with Crippen molar-refractivity contribution < 1.29 is 0 Å². The van der Waals surface area contributed by atoms with Gasteiger partial charge in [-0.15, -0.1) is 0 Å². The lowest BCUT2D eigenvalue weighted by atomic mass is 10.1. The van der Waals surface area contributed by atoms with Crippen molar-refractivity contribution in [2.24, 2.45) is 0 Å². The molecule has 0 aliphatic heterocycles. The van der Waals surface area contributed by atoms with Crippen LogP contribution >= 0.6 is 0 Å². The number of benzene rings is 1. The Morgan fingerprint density at radius 3 is 2.59 bits per heavy atom. The standard InChI is InChI=1S/C15H24N2/c1-3-13-6-4-5-7-14(13)12-16-10-11-17(2)15-8-9-15/h4-7,15-16H,3,8-12H2,1-2H3. The lowest BCUT2D eigenvalue weighted by molar-refractivity contribution is 0.321.